The number of fused-ring (bicyclic) bond motifs is 1. The number of rotatable bonds is 5. The molecule has 0 bridgehead atoms. The van der Waals surface area contributed by atoms with E-state index in [1.807, 2.05) is 6.07 Å². The Balaban J connectivity index is 1.62. The number of nitrogens with zero attached hydrogens (tertiary/aromatic N) is 1. The Kier molecular flexibility index (Phi) is 4.98. The lowest BCUT2D eigenvalue weighted by molar-refractivity contribution is 0.0672. The zero-order valence-electron chi connectivity index (χ0n) is 15.5. The molecule has 4 rings (SSSR count). The average molecular weight is 349 g/mol. The molecule has 2 aliphatic rings. The zero-order valence-corrected chi connectivity index (χ0v) is 15.5. The summed E-state index contributed by atoms with van der Waals surface area (Å²) < 4.78 is 11.8. The largest absolute Gasteiger partial charge is 0.489 e. The van der Waals surface area contributed by atoms with Gasteiger partial charge in [0.25, 0.3) is 0 Å². The maximum atomic E-state index is 6.09. The van der Waals surface area contributed by atoms with Gasteiger partial charge in [0.05, 0.1) is 12.7 Å². The fourth-order valence-electron chi connectivity index (χ4n) is 3.69. The van der Waals surface area contributed by atoms with Crippen molar-refractivity contribution in [1.82, 2.24) is 0 Å². The molecule has 1 unspecified atom stereocenters. The van der Waals surface area contributed by atoms with Gasteiger partial charge in [0.2, 0.25) is 0 Å². The Labute approximate surface area is 156 Å². The molecule has 2 aromatic rings. The van der Waals surface area contributed by atoms with Crippen LogP contribution >= 0.6 is 0 Å². The highest BCUT2D eigenvalue weighted by Gasteiger charge is 2.26. The first-order valence-electron chi connectivity index (χ1n) is 9.57. The van der Waals surface area contributed by atoms with Crippen molar-refractivity contribution in [3.63, 3.8) is 0 Å². The van der Waals surface area contributed by atoms with E-state index in [9.17, 15) is 0 Å². The van der Waals surface area contributed by atoms with E-state index in [1.165, 1.54) is 35.2 Å². The standard InChI is InChI=1S/C23H27NO2/c1-3-12-26-22-6-4-5-21(15-22)24-11-13-25-17(2)23-10-9-19(18-7-8-18)14-20(23)16-24/h3-6,9-10,14-15,17-18H,1,7-8,11-13,16H2,2H3. The lowest BCUT2D eigenvalue weighted by Crippen LogP contribution is -2.30. The van der Waals surface area contributed by atoms with Crippen molar-refractivity contribution in [2.75, 3.05) is 24.7 Å². The minimum absolute atomic E-state index is 0.155. The Hall–Kier alpha value is -2.26. The minimum Gasteiger partial charge on any atom is -0.489 e. The van der Waals surface area contributed by atoms with Crippen molar-refractivity contribution < 1.29 is 9.47 Å². The number of benzene rings is 2. The molecule has 2 aromatic carbocycles. The molecule has 3 heteroatoms. The third-order valence-corrected chi connectivity index (χ3v) is 5.29. The maximum absolute atomic E-state index is 6.09. The van der Waals surface area contributed by atoms with Crippen LogP contribution in [0.5, 0.6) is 5.75 Å². The molecule has 3 nitrogen and oxygen atoms in total. The van der Waals surface area contributed by atoms with Crippen LogP contribution in [0.3, 0.4) is 0 Å². The second kappa shape index (κ2) is 7.55. The van der Waals surface area contributed by atoms with Crippen molar-refractivity contribution in [1.29, 1.82) is 0 Å². The van der Waals surface area contributed by atoms with Gasteiger partial charge in [0.1, 0.15) is 12.4 Å². The first-order valence-corrected chi connectivity index (χ1v) is 9.57. The SMILES string of the molecule is C=CCOc1cccc(N2CCOC(C)c3ccc(C4CC4)cc3C2)c1. The molecule has 0 aromatic heterocycles. The molecule has 1 fully saturated rings. The zero-order chi connectivity index (χ0) is 17.9. The van der Waals surface area contributed by atoms with Gasteiger partial charge in [-0.25, -0.2) is 0 Å². The third kappa shape index (κ3) is 3.78. The van der Waals surface area contributed by atoms with Crippen molar-refractivity contribution in [3.05, 3.63) is 71.8 Å². The monoisotopic (exact) mass is 349 g/mol. The summed E-state index contributed by atoms with van der Waals surface area (Å²) >= 11 is 0. The van der Waals surface area contributed by atoms with Gasteiger partial charge < -0.3 is 14.4 Å². The van der Waals surface area contributed by atoms with Crippen LogP contribution in [0.15, 0.2) is 55.1 Å². The van der Waals surface area contributed by atoms with Gasteiger partial charge in [-0.2, -0.15) is 0 Å². The summed E-state index contributed by atoms with van der Waals surface area (Å²) in [4.78, 5) is 2.39. The highest BCUT2D eigenvalue weighted by atomic mass is 16.5. The van der Waals surface area contributed by atoms with Crippen molar-refractivity contribution in [3.8, 4) is 5.75 Å². The summed E-state index contributed by atoms with van der Waals surface area (Å²) in [5, 5.41) is 0. The Morgan fingerprint density at radius 1 is 1.23 bits per heavy atom. The number of anilines is 1. The average Bonchev–Trinajstić information content (AvgIpc) is 3.49. The maximum Gasteiger partial charge on any atom is 0.121 e. The van der Waals surface area contributed by atoms with E-state index in [2.05, 4.69) is 54.8 Å². The highest BCUT2D eigenvalue weighted by molar-refractivity contribution is 5.52. The first-order chi connectivity index (χ1) is 12.7. The molecule has 1 heterocycles. The molecule has 1 aliphatic heterocycles. The van der Waals surface area contributed by atoms with E-state index in [1.54, 1.807) is 6.08 Å². The van der Waals surface area contributed by atoms with Crippen LogP contribution in [0.2, 0.25) is 0 Å². The normalized spacial score (nSPS) is 20.0. The Bertz CT molecular complexity index is 782. The molecular weight excluding hydrogens is 322 g/mol. The summed E-state index contributed by atoms with van der Waals surface area (Å²) in [5.41, 5.74) is 5.37. The molecular formula is C23H27NO2. The quantitative estimate of drug-likeness (QED) is 0.690. The van der Waals surface area contributed by atoms with Gasteiger partial charge in [-0.15, -0.1) is 0 Å². The van der Waals surface area contributed by atoms with Crippen LogP contribution < -0.4 is 9.64 Å². The van der Waals surface area contributed by atoms with E-state index in [-0.39, 0.29) is 6.10 Å². The molecule has 136 valence electrons. The number of hydrogen-bond acceptors (Lipinski definition) is 3. The fourth-order valence-corrected chi connectivity index (χ4v) is 3.69. The van der Waals surface area contributed by atoms with E-state index in [0.29, 0.717) is 6.61 Å². The first kappa shape index (κ1) is 17.2. The van der Waals surface area contributed by atoms with Gasteiger partial charge in [0.15, 0.2) is 0 Å². The fraction of sp³-hybridized carbons (Fsp3) is 0.391. The van der Waals surface area contributed by atoms with E-state index in [4.69, 9.17) is 9.47 Å². The van der Waals surface area contributed by atoms with Gasteiger partial charge in [0, 0.05) is 24.8 Å². The molecule has 0 spiro atoms. The smallest absolute Gasteiger partial charge is 0.121 e. The van der Waals surface area contributed by atoms with Crippen LogP contribution in [-0.2, 0) is 11.3 Å². The number of hydrogen-bond donors (Lipinski definition) is 0. The molecule has 0 radical (unpaired) electrons. The molecule has 1 saturated carbocycles. The van der Waals surface area contributed by atoms with E-state index < -0.39 is 0 Å². The molecule has 0 amide bonds. The highest BCUT2D eigenvalue weighted by Crippen LogP contribution is 2.41. The lowest BCUT2D eigenvalue weighted by atomic mass is 9.97. The Morgan fingerprint density at radius 3 is 2.92 bits per heavy atom. The third-order valence-electron chi connectivity index (χ3n) is 5.29. The summed E-state index contributed by atoms with van der Waals surface area (Å²) in [6.45, 7) is 8.92. The van der Waals surface area contributed by atoms with Crippen molar-refractivity contribution in [2.24, 2.45) is 0 Å². The molecule has 1 atom stereocenters. The second-order valence-electron chi connectivity index (χ2n) is 7.26. The summed E-state index contributed by atoms with van der Waals surface area (Å²) in [6, 6.07) is 15.3. The summed E-state index contributed by atoms with van der Waals surface area (Å²) in [7, 11) is 0. The van der Waals surface area contributed by atoms with Gasteiger partial charge in [-0.05, 0) is 54.5 Å². The van der Waals surface area contributed by atoms with Crippen molar-refractivity contribution in [2.45, 2.75) is 38.3 Å². The van der Waals surface area contributed by atoms with Crippen LogP contribution in [0.4, 0.5) is 5.69 Å². The van der Waals surface area contributed by atoms with Crippen LogP contribution in [0.1, 0.15) is 48.5 Å². The molecule has 0 N–H and O–H groups in total. The van der Waals surface area contributed by atoms with Crippen LogP contribution in [0.25, 0.3) is 0 Å². The predicted octanol–water partition coefficient (Wildman–Crippen LogP) is 5.23. The van der Waals surface area contributed by atoms with Gasteiger partial charge in [-0.3, -0.25) is 0 Å². The molecule has 0 saturated heterocycles. The minimum atomic E-state index is 0.155. The second-order valence-corrected chi connectivity index (χ2v) is 7.26. The Morgan fingerprint density at radius 2 is 2.12 bits per heavy atom. The van der Waals surface area contributed by atoms with Crippen molar-refractivity contribution >= 4 is 5.69 Å². The molecule has 1 aliphatic carbocycles. The predicted molar refractivity (Wildman–Crippen MR) is 106 cm³/mol. The summed E-state index contributed by atoms with van der Waals surface area (Å²) in [6.07, 6.45) is 4.59. The van der Waals surface area contributed by atoms with Crippen LogP contribution in [-0.4, -0.2) is 19.8 Å². The summed E-state index contributed by atoms with van der Waals surface area (Å²) in [5.74, 6) is 1.65. The van der Waals surface area contributed by atoms with Crippen LogP contribution in [0, 0.1) is 0 Å². The van der Waals surface area contributed by atoms with E-state index in [0.717, 1.165) is 31.4 Å². The topological polar surface area (TPSA) is 21.7 Å². The van der Waals surface area contributed by atoms with Gasteiger partial charge >= 0.3 is 0 Å². The van der Waals surface area contributed by atoms with E-state index >= 15 is 0 Å². The lowest BCUT2D eigenvalue weighted by Gasteiger charge is -2.31. The number of ether oxygens (including phenoxy) is 2. The van der Waals surface area contributed by atoms with Gasteiger partial charge in [-0.1, -0.05) is 36.9 Å². The molecule has 26 heavy (non-hydrogen) atoms.